The van der Waals surface area contributed by atoms with Crippen LogP contribution in [-0.4, -0.2) is 34.7 Å². The molecule has 30 heavy (non-hydrogen) atoms. The molecular formula is C18H22N4O6S2. The van der Waals surface area contributed by atoms with Crippen LogP contribution in [0.25, 0.3) is 0 Å². The van der Waals surface area contributed by atoms with Gasteiger partial charge in [0.05, 0.1) is 15.8 Å². The highest BCUT2D eigenvalue weighted by molar-refractivity contribution is 7.89. The van der Waals surface area contributed by atoms with E-state index in [1.54, 1.807) is 6.92 Å². The summed E-state index contributed by atoms with van der Waals surface area (Å²) >= 11 is 0. The van der Waals surface area contributed by atoms with E-state index < -0.39 is 32.0 Å². The predicted octanol–water partition coefficient (Wildman–Crippen LogP) is 0.906. The van der Waals surface area contributed by atoms with Crippen molar-refractivity contribution in [2.75, 3.05) is 10.6 Å². The minimum absolute atomic E-state index is 0.0944. The molecule has 2 rings (SSSR count). The van der Waals surface area contributed by atoms with E-state index >= 15 is 0 Å². The summed E-state index contributed by atoms with van der Waals surface area (Å²) in [6, 6.07) is 8.40. The van der Waals surface area contributed by atoms with Crippen LogP contribution >= 0.6 is 0 Å². The Balaban J connectivity index is 2.12. The lowest BCUT2D eigenvalue weighted by atomic mass is 10.2. The molecule has 0 heterocycles. The second kappa shape index (κ2) is 8.92. The van der Waals surface area contributed by atoms with Gasteiger partial charge in [0.1, 0.15) is 0 Å². The predicted molar refractivity (Wildman–Crippen MR) is 112 cm³/mol. The van der Waals surface area contributed by atoms with Crippen molar-refractivity contribution in [2.45, 2.75) is 36.6 Å². The van der Waals surface area contributed by atoms with Crippen LogP contribution < -0.4 is 20.5 Å². The minimum atomic E-state index is -4.02. The van der Waals surface area contributed by atoms with Crippen molar-refractivity contribution >= 4 is 43.2 Å². The third-order valence-electron chi connectivity index (χ3n) is 3.97. The second-order valence-electron chi connectivity index (χ2n) is 6.56. The molecule has 0 saturated carbocycles. The van der Waals surface area contributed by atoms with Crippen LogP contribution in [0.2, 0.25) is 0 Å². The molecule has 12 heteroatoms. The Morgan fingerprint density at radius 2 is 1.50 bits per heavy atom. The quantitative estimate of drug-likeness (QED) is 0.485. The molecule has 2 amide bonds. The molecule has 0 aromatic heterocycles. The van der Waals surface area contributed by atoms with Crippen LogP contribution in [0.5, 0.6) is 0 Å². The highest BCUT2D eigenvalue weighted by Crippen LogP contribution is 2.19. The third-order valence-corrected chi connectivity index (χ3v) is 6.58. The first kappa shape index (κ1) is 23.5. The highest BCUT2D eigenvalue weighted by atomic mass is 32.2. The Bertz CT molecular complexity index is 1180. The number of rotatable bonds is 7. The van der Waals surface area contributed by atoms with Crippen LogP contribution in [0.15, 0.2) is 52.3 Å². The molecule has 5 N–H and O–H groups in total. The largest absolute Gasteiger partial charge is 0.326 e. The summed E-state index contributed by atoms with van der Waals surface area (Å²) in [5.41, 5.74) is 0.990. The molecule has 0 aliphatic rings. The number of carbonyl (C=O) groups excluding carboxylic acids is 2. The Kier molecular flexibility index (Phi) is 6.98. The number of hydrogen-bond acceptors (Lipinski definition) is 6. The maximum Gasteiger partial charge on any atom is 0.242 e. The lowest BCUT2D eigenvalue weighted by Gasteiger charge is -2.15. The average Bonchev–Trinajstić information content (AvgIpc) is 2.62. The Morgan fingerprint density at radius 3 is 2.03 bits per heavy atom. The van der Waals surface area contributed by atoms with E-state index in [4.69, 9.17) is 5.14 Å². The number of nitrogens with one attached hydrogen (secondary N) is 3. The fourth-order valence-corrected chi connectivity index (χ4v) is 4.52. The van der Waals surface area contributed by atoms with Crippen LogP contribution in [0, 0.1) is 6.92 Å². The van der Waals surface area contributed by atoms with Crippen molar-refractivity contribution in [1.82, 2.24) is 4.72 Å². The number of aryl methyl sites for hydroxylation is 1. The summed E-state index contributed by atoms with van der Waals surface area (Å²) in [5, 5.41) is 10.1. The van der Waals surface area contributed by atoms with Gasteiger partial charge < -0.3 is 10.6 Å². The molecule has 1 atom stereocenters. The van der Waals surface area contributed by atoms with Gasteiger partial charge in [0.15, 0.2) is 0 Å². The maximum atomic E-state index is 12.5. The van der Waals surface area contributed by atoms with E-state index in [-0.39, 0.29) is 21.4 Å². The highest BCUT2D eigenvalue weighted by Gasteiger charge is 2.23. The number of carbonyl (C=O) groups is 2. The molecule has 10 nitrogen and oxygen atoms in total. The van der Waals surface area contributed by atoms with Crippen molar-refractivity contribution in [3.63, 3.8) is 0 Å². The normalized spacial score (nSPS) is 12.8. The van der Waals surface area contributed by atoms with Gasteiger partial charge in [-0.3, -0.25) is 9.59 Å². The van der Waals surface area contributed by atoms with E-state index in [2.05, 4.69) is 15.4 Å². The van der Waals surface area contributed by atoms with E-state index in [0.717, 1.165) is 0 Å². The van der Waals surface area contributed by atoms with Crippen molar-refractivity contribution in [3.05, 3.63) is 48.0 Å². The molecule has 2 aromatic rings. The van der Waals surface area contributed by atoms with E-state index in [9.17, 15) is 26.4 Å². The summed E-state index contributed by atoms with van der Waals surface area (Å²) in [6.45, 7) is 4.22. The third kappa shape index (κ3) is 6.10. The van der Waals surface area contributed by atoms with Crippen LogP contribution in [0.4, 0.5) is 11.4 Å². The van der Waals surface area contributed by atoms with Gasteiger partial charge in [-0.25, -0.2) is 22.0 Å². The minimum Gasteiger partial charge on any atom is -0.326 e. The van der Waals surface area contributed by atoms with Gasteiger partial charge in [-0.2, -0.15) is 4.72 Å². The molecule has 0 aliphatic heterocycles. The molecule has 0 bridgehead atoms. The van der Waals surface area contributed by atoms with Crippen molar-refractivity contribution < 1.29 is 26.4 Å². The molecule has 0 radical (unpaired) electrons. The average molecular weight is 455 g/mol. The molecular weight excluding hydrogens is 432 g/mol. The fourth-order valence-electron chi connectivity index (χ4n) is 2.51. The first-order valence-electron chi connectivity index (χ1n) is 8.64. The topological polar surface area (TPSA) is 165 Å². The van der Waals surface area contributed by atoms with Crippen molar-refractivity contribution in [2.24, 2.45) is 5.14 Å². The lowest BCUT2D eigenvalue weighted by molar-refractivity contribution is -0.117. The molecule has 0 aliphatic carbocycles. The first-order valence-corrected chi connectivity index (χ1v) is 11.7. The number of sulfonamides is 2. The van der Waals surface area contributed by atoms with Crippen molar-refractivity contribution in [3.8, 4) is 0 Å². The number of nitrogens with two attached hydrogens (primary N) is 1. The fraction of sp³-hybridized carbons (Fsp3) is 0.222. The monoisotopic (exact) mass is 454 g/mol. The molecule has 162 valence electrons. The molecule has 0 fully saturated rings. The zero-order valence-electron chi connectivity index (χ0n) is 16.5. The van der Waals surface area contributed by atoms with Gasteiger partial charge in [0.2, 0.25) is 31.9 Å². The Morgan fingerprint density at radius 1 is 0.933 bits per heavy atom. The second-order valence-corrected chi connectivity index (χ2v) is 9.81. The van der Waals surface area contributed by atoms with E-state index in [1.807, 2.05) is 0 Å². The summed E-state index contributed by atoms with van der Waals surface area (Å²) in [7, 11) is -8.00. The van der Waals surface area contributed by atoms with E-state index in [0.29, 0.717) is 11.3 Å². The van der Waals surface area contributed by atoms with E-state index in [1.165, 1.54) is 56.3 Å². The molecule has 0 saturated heterocycles. The van der Waals surface area contributed by atoms with Gasteiger partial charge >= 0.3 is 0 Å². The zero-order valence-corrected chi connectivity index (χ0v) is 18.1. The standard InChI is InChI=1S/C18H22N4O6S2/c1-11-4-5-15(10-17(11)29(19,25)26)21-18(24)12(2)22-30(27,28)16-8-6-14(7-9-16)20-13(3)23/h4-10,12,22H,1-3H3,(H,20,23)(H,21,24)(H2,19,25,26)/t12-/m0/s1. The number of anilines is 2. The van der Waals surface area contributed by atoms with Gasteiger partial charge in [0, 0.05) is 18.3 Å². The summed E-state index contributed by atoms with van der Waals surface area (Å²) in [6.07, 6.45) is 0. The summed E-state index contributed by atoms with van der Waals surface area (Å²) < 4.78 is 50.4. The van der Waals surface area contributed by atoms with Gasteiger partial charge in [-0.15, -0.1) is 0 Å². The number of amides is 2. The molecule has 0 unspecified atom stereocenters. The Labute approximate surface area is 175 Å². The number of benzene rings is 2. The summed E-state index contributed by atoms with van der Waals surface area (Å²) in [4.78, 5) is 23.2. The van der Waals surface area contributed by atoms with Gasteiger partial charge in [-0.1, -0.05) is 6.07 Å². The molecule has 0 spiro atoms. The number of primary sulfonamides is 1. The van der Waals surface area contributed by atoms with Crippen LogP contribution in [0.1, 0.15) is 19.4 Å². The van der Waals surface area contributed by atoms with Crippen LogP contribution in [0.3, 0.4) is 0 Å². The van der Waals surface area contributed by atoms with Gasteiger partial charge in [-0.05, 0) is 55.8 Å². The zero-order chi connectivity index (χ0) is 22.7. The lowest BCUT2D eigenvalue weighted by Crippen LogP contribution is -2.41. The maximum absolute atomic E-state index is 12.5. The Hall–Kier alpha value is -2.80. The summed E-state index contributed by atoms with van der Waals surface area (Å²) in [5.74, 6) is -0.992. The SMILES string of the molecule is CC(=O)Nc1ccc(S(=O)(=O)N[C@@H](C)C(=O)Nc2ccc(C)c(S(N)(=O)=O)c2)cc1. The van der Waals surface area contributed by atoms with Crippen molar-refractivity contribution in [1.29, 1.82) is 0 Å². The molecule has 2 aromatic carbocycles. The smallest absolute Gasteiger partial charge is 0.242 e. The number of hydrogen-bond donors (Lipinski definition) is 4. The first-order chi connectivity index (χ1) is 13.8. The van der Waals surface area contributed by atoms with Crippen LogP contribution in [-0.2, 0) is 29.6 Å². The van der Waals surface area contributed by atoms with Gasteiger partial charge in [0.25, 0.3) is 0 Å².